The molecule has 23 heavy (non-hydrogen) atoms. The Bertz CT molecular complexity index is 729. The number of rotatable bonds is 5. The smallest absolute Gasteiger partial charge is 0.338 e. The molecule has 2 aromatic carbocycles. The van der Waals surface area contributed by atoms with E-state index in [-0.39, 0.29) is 5.69 Å². The molecule has 0 fully saturated rings. The molecule has 0 heterocycles. The van der Waals surface area contributed by atoms with E-state index in [1.165, 1.54) is 24.3 Å². The number of hydrogen-bond acceptors (Lipinski definition) is 5. The number of anilines is 1. The standard InChI is InChI=1S/C15H11IN2O5/c16-11-3-1-10(2-4-11)15(20)23-9-14(19)17-12-5-7-13(8-6-12)18(21)22/h1-8H,9H2,(H,17,19). The van der Waals surface area contributed by atoms with Crippen LogP contribution in [0.25, 0.3) is 0 Å². The van der Waals surface area contributed by atoms with E-state index in [1.54, 1.807) is 24.3 Å². The molecule has 0 unspecified atom stereocenters. The van der Waals surface area contributed by atoms with E-state index < -0.39 is 23.4 Å². The first-order valence-corrected chi connectivity index (χ1v) is 7.50. The highest BCUT2D eigenvalue weighted by molar-refractivity contribution is 14.1. The Morgan fingerprint density at radius 1 is 1.09 bits per heavy atom. The van der Waals surface area contributed by atoms with Gasteiger partial charge in [0.1, 0.15) is 0 Å². The van der Waals surface area contributed by atoms with Gasteiger partial charge in [-0.2, -0.15) is 0 Å². The molecular formula is C15H11IN2O5. The zero-order valence-electron chi connectivity index (χ0n) is 11.7. The molecule has 2 rings (SSSR count). The predicted octanol–water partition coefficient (Wildman–Crippen LogP) is 2.99. The maximum atomic E-state index is 11.8. The summed E-state index contributed by atoms with van der Waals surface area (Å²) in [5, 5.41) is 13.0. The number of non-ortho nitro benzene ring substituents is 1. The molecule has 0 bridgehead atoms. The first kappa shape index (κ1) is 16.9. The second-order valence-electron chi connectivity index (χ2n) is 4.44. The van der Waals surface area contributed by atoms with Crippen molar-refractivity contribution >= 4 is 45.8 Å². The van der Waals surface area contributed by atoms with E-state index in [2.05, 4.69) is 27.9 Å². The van der Waals surface area contributed by atoms with Crippen molar-refractivity contribution in [2.75, 3.05) is 11.9 Å². The largest absolute Gasteiger partial charge is 0.452 e. The minimum atomic E-state index is -0.597. The van der Waals surface area contributed by atoms with Crippen molar-refractivity contribution in [3.63, 3.8) is 0 Å². The van der Waals surface area contributed by atoms with Crippen LogP contribution >= 0.6 is 22.6 Å². The van der Waals surface area contributed by atoms with Crippen molar-refractivity contribution < 1.29 is 19.2 Å². The highest BCUT2D eigenvalue weighted by atomic mass is 127. The molecule has 0 radical (unpaired) electrons. The molecule has 0 saturated heterocycles. The monoisotopic (exact) mass is 426 g/mol. The molecule has 0 atom stereocenters. The molecule has 0 aliphatic rings. The van der Waals surface area contributed by atoms with Gasteiger partial charge in [-0.15, -0.1) is 0 Å². The molecule has 7 nitrogen and oxygen atoms in total. The fourth-order valence-electron chi connectivity index (χ4n) is 1.66. The Morgan fingerprint density at radius 3 is 2.26 bits per heavy atom. The van der Waals surface area contributed by atoms with Crippen molar-refractivity contribution in [2.45, 2.75) is 0 Å². The summed E-state index contributed by atoms with van der Waals surface area (Å²) in [4.78, 5) is 33.4. The third kappa shape index (κ3) is 5.02. The van der Waals surface area contributed by atoms with Gasteiger partial charge >= 0.3 is 5.97 Å². The summed E-state index contributed by atoms with van der Waals surface area (Å²) in [6.07, 6.45) is 0. The number of carbonyl (C=O) groups is 2. The van der Waals surface area contributed by atoms with Crippen molar-refractivity contribution in [3.05, 3.63) is 67.8 Å². The van der Waals surface area contributed by atoms with E-state index in [4.69, 9.17) is 4.74 Å². The fourth-order valence-corrected chi connectivity index (χ4v) is 2.02. The van der Waals surface area contributed by atoms with Crippen LogP contribution in [0.5, 0.6) is 0 Å². The lowest BCUT2D eigenvalue weighted by atomic mass is 10.2. The van der Waals surface area contributed by atoms with Crippen molar-refractivity contribution in [2.24, 2.45) is 0 Å². The third-order valence-electron chi connectivity index (χ3n) is 2.78. The third-order valence-corrected chi connectivity index (χ3v) is 3.50. The number of esters is 1. The second-order valence-corrected chi connectivity index (χ2v) is 5.68. The van der Waals surface area contributed by atoms with Crippen LogP contribution in [-0.4, -0.2) is 23.4 Å². The number of benzene rings is 2. The number of nitrogens with one attached hydrogen (secondary N) is 1. The number of halogens is 1. The number of amides is 1. The van der Waals surface area contributed by atoms with Gasteiger partial charge in [0.25, 0.3) is 11.6 Å². The van der Waals surface area contributed by atoms with Gasteiger partial charge < -0.3 is 10.1 Å². The zero-order chi connectivity index (χ0) is 16.8. The first-order chi connectivity index (χ1) is 11.0. The average molecular weight is 426 g/mol. The van der Waals surface area contributed by atoms with Gasteiger partial charge in [0.15, 0.2) is 6.61 Å². The van der Waals surface area contributed by atoms with Gasteiger partial charge in [-0.3, -0.25) is 14.9 Å². The Hall–Kier alpha value is -2.49. The van der Waals surface area contributed by atoms with Gasteiger partial charge in [0, 0.05) is 21.4 Å². The highest BCUT2D eigenvalue weighted by Crippen LogP contribution is 2.15. The van der Waals surface area contributed by atoms with Crippen LogP contribution in [0.2, 0.25) is 0 Å². The summed E-state index contributed by atoms with van der Waals surface area (Å²) in [5.41, 5.74) is 0.660. The zero-order valence-corrected chi connectivity index (χ0v) is 13.8. The Labute approximate surface area is 144 Å². The number of carbonyl (C=O) groups excluding carboxylic acids is 2. The maximum Gasteiger partial charge on any atom is 0.338 e. The lowest BCUT2D eigenvalue weighted by Gasteiger charge is -2.06. The molecule has 0 aromatic heterocycles. The van der Waals surface area contributed by atoms with Gasteiger partial charge in [0.2, 0.25) is 0 Å². The summed E-state index contributed by atoms with van der Waals surface area (Å²) in [5.74, 6) is -1.13. The number of nitro groups is 1. The summed E-state index contributed by atoms with van der Waals surface area (Å²) >= 11 is 2.11. The number of nitrogens with zero attached hydrogens (tertiary/aromatic N) is 1. The van der Waals surface area contributed by atoms with Crippen molar-refractivity contribution in [1.82, 2.24) is 0 Å². The van der Waals surface area contributed by atoms with Crippen molar-refractivity contribution in [1.29, 1.82) is 0 Å². The van der Waals surface area contributed by atoms with Crippen LogP contribution in [-0.2, 0) is 9.53 Å². The van der Waals surface area contributed by atoms with Crippen LogP contribution in [0.1, 0.15) is 10.4 Å². The van der Waals surface area contributed by atoms with Crippen LogP contribution in [0.15, 0.2) is 48.5 Å². The maximum absolute atomic E-state index is 11.8. The average Bonchev–Trinajstić information content (AvgIpc) is 2.54. The minimum absolute atomic E-state index is 0.0758. The molecular weight excluding hydrogens is 415 g/mol. The van der Waals surface area contributed by atoms with Gasteiger partial charge in [-0.25, -0.2) is 4.79 Å². The quantitative estimate of drug-likeness (QED) is 0.343. The minimum Gasteiger partial charge on any atom is -0.452 e. The Balaban J connectivity index is 1.86. The van der Waals surface area contributed by atoms with E-state index >= 15 is 0 Å². The Morgan fingerprint density at radius 2 is 1.70 bits per heavy atom. The molecule has 8 heteroatoms. The fraction of sp³-hybridized carbons (Fsp3) is 0.0667. The molecule has 1 N–H and O–H groups in total. The SMILES string of the molecule is O=C(COC(=O)c1ccc(I)cc1)Nc1ccc([N+](=O)[O-])cc1. The topological polar surface area (TPSA) is 98.5 Å². The highest BCUT2D eigenvalue weighted by Gasteiger charge is 2.11. The van der Waals surface area contributed by atoms with E-state index in [0.29, 0.717) is 11.3 Å². The van der Waals surface area contributed by atoms with E-state index in [0.717, 1.165) is 3.57 Å². The molecule has 118 valence electrons. The Kier molecular flexibility index (Phi) is 5.63. The summed E-state index contributed by atoms with van der Waals surface area (Å²) < 4.78 is 5.88. The molecule has 0 spiro atoms. The molecule has 1 amide bonds. The summed E-state index contributed by atoms with van der Waals surface area (Å²) in [6, 6.07) is 12.1. The van der Waals surface area contributed by atoms with Gasteiger partial charge in [0.05, 0.1) is 10.5 Å². The van der Waals surface area contributed by atoms with E-state index in [1.807, 2.05) is 0 Å². The van der Waals surface area contributed by atoms with Crippen LogP contribution in [0.3, 0.4) is 0 Å². The molecule has 0 aliphatic heterocycles. The number of hydrogen-bond donors (Lipinski definition) is 1. The number of nitro benzene ring substituents is 1. The van der Waals surface area contributed by atoms with Crippen molar-refractivity contribution in [3.8, 4) is 0 Å². The van der Waals surface area contributed by atoms with Gasteiger partial charge in [-0.05, 0) is 59.0 Å². The van der Waals surface area contributed by atoms with E-state index in [9.17, 15) is 19.7 Å². The summed E-state index contributed by atoms with van der Waals surface area (Å²) in [7, 11) is 0. The van der Waals surface area contributed by atoms with Crippen LogP contribution in [0.4, 0.5) is 11.4 Å². The molecule has 0 saturated carbocycles. The summed E-state index contributed by atoms with van der Waals surface area (Å²) in [6.45, 7) is -0.443. The lowest BCUT2D eigenvalue weighted by Crippen LogP contribution is -2.20. The van der Waals surface area contributed by atoms with Crippen LogP contribution in [0, 0.1) is 13.7 Å². The first-order valence-electron chi connectivity index (χ1n) is 6.43. The lowest BCUT2D eigenvalue weighted by molar-refractivity contribution is -0.384. The van der Waals surface area contributed by atoms with Crippen LogP contribution < -0.4 is 5.32 Å². The van der Waals surface area contributed by atoms with Gasteiger partial charge in [-0.1, -0.05) is 0 Å². The molecule has 2 aromatic rings. The molecule has 0 aliphatic carbocycles. The number of ether oxygens (including phenoxy) is 1. The second kappa shape index (κ2) is 7.68. The predicted molar refractivity (Wildman–Crippen MR) is 91.2 cm³/mol. The normalized spacial score (nSPS) is 9.96.